The fourth-order valence-electron chi connectivity index (χ4n) is 1.37. The highest BCUT2D eigenvalue weighted by atomic mass is 16.3. The van der Waals surface area contributed by atoms with Crippen LogP contribution in [0, 0.1) is 6.92 Å². The fraction of sp³-hybridized carbons (Fsp3) is 0.375. The Morgan fingerprint density at radius 2 is 2.47 bits per heavy atom. The van der Waals surface area contributed by atoms with E-state index in [1.165, 1.54) is 4.40 Å². The lowest BCUT2D eigenvalue weighted by molar-refractivity contribution is 0.311. The normalized spacial score (nSPS) is 10.8. The van der Waals surface area contributed by atoms with E-state index in [2.05, 4.69) is 20.5 Å². The lowest BCUT2D eigenvalue weighted by atomic mass is 10.5. The smallest absolute Gasteiger partial charge is 0.349 e. The Kier molecular flexibility index (Phi) is 2.38. The van der Waals surface area contributed by atoms with Crippen molar-refractivity contribution in [3.63, 3.8) is 0 Å². The van der Waals surface area contributed by atoms with Crippen molar-refractivity contribution in [3.8, 4) is 0 Å². The van der Waals surface area contributed by atoms with Crippen LogP contribution in [0.15, 0.2) is 10.9 Å². The van der Waals surface area contributed by atoms with Gasteiger partial charge in [0, 0.05) is 12.6 Å². The molecule has 2 aromatic heterocycles. The molecule has 7 nitrogen and oxygen atoms in total. The van der Waals surface area contributed by atoms with Gasteiger partial charge in [-0.25, -0.2) is 19.3 Å². The summed E-state index contributed by atoms with van der Waals surface area (Å²) in [6.07, 6.45) is 0. The highest BCUT2D eigenvalue weighted by Crippen LogP contribution is 2.06. The lowest BCUT2D eigenvalue weighted by Crippen LogP contribution is -2.15. The van der Waals surface area contributed by atoms with E-state index in [-0.39, 0.29) is 12.3 Å². The fourth-order valence-corrected chi connectivity index (χ4v) is 1.37. The minimum absolute atomic E-state index is 0.0271. The van der Waals surface area contributed by atoms with Gasteiger partial charge in [-0.3, -0.25) is 0 Å². The number of hydrogen-bond acceptors (Lipinski definition) is 5. The number of nitrogens with zero attached hydrogens (tertiary/aromatic N) is 3. The predicted molar refractivity (Wildman–Crippen MR) is 53.9 cm³/mol. The molecule has 0 spiro atoms. The van der Waals surface area contributed by atoms with E-state index in [1.54, 1.807) is 13.0 Å². The van der Waals surface area contributed by atoms with Gasteiger partial charge in [0.15, 0.2) is 5.65 Å². The Labute approximate surface area is 84.8 Å². The molecule has 0 aliphatic carbocycles. The minimum atomic E-state index is -0.302. The Hall–Kier alpha value is -1.89. The average molecular weight is 209 g/mol. The number of aliphatic hydroxyl groups is 1. The summed E-state index contributed by atoms with van der Waals surface area (Å²) >= 11 is 0. The molecule has 2 aromatic rings. The molecule has 0 saturated heterocycles. The van der Waals surface area contributed by atoms with Crippen molar-refractivity contribution in [1.29, 1.82) is 0 Å². The van der Waals surface area contributed by atoms with Gasteiger partial charge in [-0.05, 0) is 6.92 Å². The minimum Gasteiger partial charge on any atom is -0.395 e. The first-order chi connectivity index (χ1) is 7.22. The van der Waals surface area contributed by atoms with Gasteiger partial charge < -0.3 is 10.4 Å². The van der Waals surface area contributed by atoms with E-state index in [4.69, 9.17) is 5.11 Å². The number of aryl methyl sites for hydroxylation is 1. The van der Waals surface area contributed by atoms with Crippen LogP contribution in [0.5, 0.6) is 0 Å². The standard InChI is InChI=1S/C8H11N5O2/c1-5-10-6(9-2-3-14)4-7-11-12-8(15)13(5)7/h4,9,14H,2-3H2,1H3,(H,12,15). The second kappa shape index (κ2) is 3.70. The first kappa shape index (κ1) is 9.66. The SMILES string of the molecule is Cc1nc(NCCO)cc2n[nH]c(=O)n12. The molecule has 0 radical (unpaired) electrons. The number of hydrogen-bond donors (Lipinski definition) is 3. The third kappa shape index (κ3) is 1.68. The van der Waals surface area contributed by atoms with Crippen LogP contribution in [-0.4, -0.2) is 37.8 Å². The van der Waals surface area contributed by atoms with Crippen LogP contribution < -0.4 is 11.0 Å². The molecule has 0 aliphatic heterocycles. The van der Waals surface area contributed by atoms with Crippen LogP contribution in [0.4, 0.5) is 5.82 Å². The Morgan fingerprint density at radius 3 is 3.20 bits per heavy atom. The number of nitrogens with one attached hydrogen (secondary N) is 2. The van der Waals surface area contributed by atoms with Crippen molar-refractivity contribution < 1.29 is 5.11 Å². The van der Waals surface area contributed by atoms with Crippen molar-refractivity contribution in [1.82, 2.24) is 19.6 Å². The first-order valence-electron chi connectivity index (χ1n) is 4.52. The molecule has 0 atom stereocenters. The summed E-state index contributed by atoms with van der Waals surface area (Å²) in [5.41, 5.74) is 0.205. The summed E-state index contributed by atoms with van der Waals surface area (Å²) < 4.78 is 1.38. The number of fused-ring (bicyclic) bond motifs is 1. The molecule has 0 amide bonds. The van der Waals surface area contributed by atoms with Crippen molar-refractivity contribution >= 4 is 11.5 Å². The van der Waals surface area contributed by atoms with E-state index in [9.17, 15) is 4.79 Å². The molecule has 2 heterocycles. The maximum Gasteiger partial charge on any atom is 0.349 e. The summed E-state index contributed by atoms with van der Waals surface area (Å²) in [6, 6.07) is 1.64. The van der Waals surface area contributed by atoms with E-state index >= 15 is 0 Å². The second-order valence-electron chi connectivity index (χ2n) is 3.06. The Balaban J connectivity index is 2.49. The summed E-state index contributed by atoms with van der Waals surface area (Å²) in [5, 5.41) is 17.7. The van der Waals surface area contributed by atoms with E-state index < -0.39 is 0 Å². The number of aliphatic hydroxyl groups excluding tert-OH is 1. The third-order valence-corrected chi connectivity index (χ3v) is 1.99. The molecule has 0 saturated carbocycles. The molecule has 0 bridgehead atoms. The van der Waals surface area contributed by atoms with Crippen LogP contribution in [-0.2, 0) is 0 Å². The van der Waals surface area contributed by atoms with Crippen LogP contribution in [0.3, 0.4) is 0 Å². The molecule has 0 unspecified atom stereocenters. The van der Waals surface area contributed by atoms with Crippen LogP contribution in [0.25, 0.3) is 5.65 Å². The van der Waals surface area contributed by atoms with Crippen molar-refractivity contribution in [2.45, 2.75) is 6.92 Å². The highest BCUT2D eigenvalue weighted by molar-refractivity contribution is 5.49. The molecule has 3 N–H and O–H groups in total. The molecule has 7 heteroatoms. The van der Waals surface area contributed by atoms with Gasteiger partial charge in [-0.15, -0.1) is 0 Å². The van der Waals surface area contributed by atoms with E-state index in [0.717, 1.165) is 0 Å². The molecule has 2 rings (SSSR count). The topological polar surface area (TPSA) is 95.3 Å². The average Bonchev–Trinajstić information content (AvgIpc) is 2.58. The van der Waals surface area contributed by atoms with Gasteiger partial charge in [0.25, 0.3) is 0 Å². The third-order valence-electron chi connectivity index (χ3n) is 1.99. The molecule has 0 aliphatic rings. The van der Waals surface area contributed by atoms with Crippen LogP contribution in [0.1, 0.15) is 5.82 Å². The molecule has 0 aromatic carbocycles. The van der Waals surface area contributed by atoms with Gasteiger partial charge in [-0.2, -0.15) is 5.10 Å². The van der Waals surface area contributed by atoms with Gasteiger partial charge >= 0.3 is 5.69 Å². The van der Waals surface area contributed by atoms with Crippen LogP contribution in [0.2, 0.25) is 0 Å². The van der Waals surface area contributed by atoms with Crippen molar-refractivity contribution in [3.05, 3.63) is 22.4 Å². The van der Waals surface area contributed by atoms with Gasteiger partial charge in [0.1, 0.15) is 11.6 Å². The zero-order valence-corrected chi connectivity index (χ0v) is 8.19. The van der Waals surface area contributed by atoms with E-state index in [0.29, 0.717) is 23.8 Å². The van der Waals surface area contributed by atoms with Crippen molar-refractivity contribution in [2.75, 3.05) is 18.5 Å². The van der Waals surface area contributed by atoms with E-state index in [1.807, 2.05) is 0 Å². The molecule has 0 fully saturated rings. The summed E-state index contributed by atoms with van der Waals surface area (Å²) in [6.45, 7) is 2.16. The molecular formula is C8H11N5O2. The highest BCUT2D eigenvalue weighted by Gasteiger charge is 2.05. The lowest BCUT2D eigenvalue weighted by Gasteiger charge is -2.04. The summed E-state index contributed by atoms with van der Waals surface area (Å²) in [7, 11) is 0. The first-order valence-corrected chi connectivity index (χ1v) is 4.52. The summed E-state index contributed by atoms with van der Waals surface area (Å²) in [4.78, 5) is 15.4. The molecular weight excluding hydrogens is 198 g/mol. The predicted octanol–water partition coefficient (Wildman–Crippen LogP) is -0.870. The number of H-pyrrole nitrogens is 1. The zero-order valence-electron chi connectivity index (χ0n) is 8.19. The Bertz CT molecular complexity index is 529. The number of rotatable bonds is 3. The second-order valence-corrected chi connectivity index (χ2v) is 3.06. The Morgan fingerprint density at radius 1 is 1.67 bits per heavy atom. The zero-order chi connectivity index (χ0) is 10.8. The quantitative estimate of drug-likeness (QED) is 0.610. The van der Waals surface area contributed by atoms with Gasteiger partial charge in [-0.1, -0.05) is 0 Å². The number of anilines is 1. The van der Waals surface area contributed by atoms with Gasteiger partial charge in [0.2, 0.25) is 0 Å². The molecule has 80 valence electrons. The molecule has 15 heavy (non-hydrogen) atoms. The van der Waals surface area contributed by atoms with Crippen LogP contribution >= 0.6 is 0 Å². The number of aromatic nitrogens is 4. The van der Waals surface area contributed by atoms with Gasteiger partial charge in [0.05, 0.1) is 6.61 Å². The maximum absolute atomic E-state index is 11.3. The largest absolute Gasteiger partial charge is 0.395 e. The summed E-state index contributed by atoms with van der Waals surface area (Å²) in [5.74, 6) is 1.14. The van der Waals surface area contributed by atoms with Crippen molar-refractivity contribution in [2.24, 2.45) is 0 Å². The maximum atomic E-state index is 11.3. The number of aromatic amines is 1. The monoisotopic (exact) mass is 209 g/mol.